The van der Waals surface area contributed by atoms with E-state index in [0.717, 1.165) is 0 Å². The fourth-order valence-corrected chi connectivity index (χ4v) is 2.88. The van der Waals surface area contributed by atoms with Crippen LogP contribution in [0, 0.1) is 5.82 Å². The molecule has 0 unspecified atom stereocenters. The van der Waals surface area contributed by atoms with Crippen molar-refractivity contribution in [3.05, 3.63) is 42.3 Å². The van der Waals surface area contributed by atoms with E-state index in [0.29, 0.717) is 39.6 Å². The Kier molecular flexibility index (Phi) is 5.49. The van der Waals surface area contributed by atoms with Crippen LogP contribution in [-0.2, 0) is 0 Å². The number of hydrogen-bond acceptors (Lipinski definition) is 7. The van der Waals surface area contributed by atoms with Crippen LogP contribution < -0.4 is 24.7 Å². The van der Waals surface area contributed by atoms with Gasteiger partial charge < -0.3 is 24.7 Å². The number of anilines is 1. The lowest BCUT2D eigenvalue weighted by Crippen LogP contribution is -2.01. The molecule has 1 aromatic heterocycles. The first-order valence-corrected chi connectivity index (χ1v) is 8.29. The molecule has 1 heterocycles. The van der Waals surface area contributed by atoms with Crippen LogP contribution in [0.4, 0.5) is 10.3 Å². The molecular formula is C20H20FN3O4. The number of nitrogens with zero attached hydrogens (tertiary/aromatic N) is 2. The zero-order valence-electron chi connectivity index (χ0n) is 15.9. The molecule has 0 bridgehead atoms. The van der Waals surface area contributed by atoms with Gasteiger partial charge in [-0.2, -0.15) is 0 Å². The van der Waals surface area contributed by atoms with Crippen molar-refractivity contribution in [2.45, 2.75) is 0 Å². The lowest BCUT2D eigenvalue weighted by Gasteiger charge is -2.16. The summed E-state index contributed by atoms with van der Waals surface area (Å²) < 4.78 is 35.4. The van der Waals surface area contributed by atoms with Gasteiger partial charge in [0.25, 0.3) is 0 Å². The van der Waals surface area contributed by atoms with Gasteiger partial charge in [0.05, 0.1) is 34.1 Å². The van der Waals surface area contributed by atoms with E-state index in [9.17, 15) is 4.39 Å². The Bertz CT molecular complexity index is 986. The summed E-state index contributed by atoms with van der Waals surface area (Å²) >= 11 is 0. The zero-order valence-corrected chi connectivity index (χ0v) is 15.9. The third kappa shape index (κ3) is 3.48. The van der Waals surface area contributed by atoms with Crippen LogP contribution >= 0.6 is 0 Å². The predicted molar refractivity (Wildman–Crippen MR) is 103 cm³/mol. The Balaban J connectivity index is 2.23. The predicted octanol–water partition coefficient (Wildman–Crippen LogP) is 3.57. The first-order chi connectivity index (χ1) is 13.5. The number of hydrogen-bond donors (Lipinski definition) is 1. The van der Waals surface area contributed by atoms with Crippen LogP contribution in [-0.4, -0.2) is 38.4 Å². The molecule has 2 N–H and O–H groups in total. The smallest absolute Gasteiger partial charge is 0.220 e. The number of ether oxygens (including phenoxy) is 4. The summed E-state index contributed by atoms with van der Waals surface area (Å²) in [7, 11) is 5.98. The van der Waals surface area contributed by atoms with Crippen LogP contribution in [0.2, 0.25) is 0 Å². The molecule has 7 nitrogen and oxygen atoms in total. The van der Waals surface area contributed by atoms with E-state index in [1.807, 2.05) is 0 Å². The van der Waals surface area contributed by atoms with Crippen molar-refractivity contribution < 1.29 is 23.3 Å². The Morgan fingerprint density at radius 3 is 2.00 bits per heavy atom. The van der Waals surface area contributed by atoms with Crippen molar-refractivity contribution in [3.63, 3.8) is 0 Å². The molecule has 0 radical (unpaired) electrons. The minimum atomic E-state index is -0.493. The lowest BCUT2D eigenvalue weighted by atomic mass is 10.00. The quantitative estimate of drug-likeness (QED) is 0.694. The maximum atomic E-state index is 14.2. The number of methoxy groups -OCH3 is 4. The fraction of sp³-hybridized carbons (Fsp3) is 0.200. The first kappa shape index (κ1) is 19.2. The van der Waals surface area contributed by atoms with Crippen molar-refractivity contribution in [2.75, 3.05) is 34.2 Å². The number of rotatable bonds is 6. The van der Waals surface area contributed by atoms with E-state index < -0.39 is 5.82 Å². The van der Waals surface area contributed by atoms with Crippen molar-refractivity contribution in [1.82, 2.24) is 9.97 Å². The van der Waals surface area contributed by atoms with E-state index in [-0.39, 0.29) is 11.7 Å². The molecule has 0 spiro atoms. The van der Waals surface area contributed by atoms with Crippen LogP contribution in [0.25, 0.3) is 22.4 Å². The standard InChI is InChI=1S/C20H20FN3O4/c1-25-15-6-5-11(7-14(15)21)13-10-23-20(22)24-18(13)12-8-16(26-2)19(28-4)17(9-12)27-3/h5-10H,1-4H3,(H2,22,23,24). The number of halogens is 1. The first-order valence-electron chi connectivity index (χ1n) is 8.29. The van der Waals surface area contributed by atoms with Crippen LogP contribution in [0.1, 0.15) is 0 Å². The molecule has 0 amide bonds. The number of aromatic nitrogens is 2. The monoisotopic (exact) mass is 385 g/mol. The summed E-state index contributed by atoms with van der Waals surface area (Å²) in [5, 5.41) is 0. The third-order valence-electron chi connectivity index (χ3n) is 4.21. The van der Waals surface area contributed by atoms with Gasteiger partial charge in [0.1, 0.15) is 0 Å². The van der Waals surface area contributed by atoms with Gasteiger partial charge in [-0.15, -0.1) is 0 Å². The number of nitrogen functional groups attached to an aromatic ring is 1. The zero-order chi connectivity index (χ0) is 20.3. The van der Waals surface area contributed by atoms with Crippen molar-refractivity contribution >= 4 is 5.95 Å². The second-order valence-corrected chi connectivity index (χ2v) is 5.75. The van der Waals surface area contributed by atoms with Gasteiger partial charge in [0.2, 0.25) is 11.7 Å². The number of nitrogens with two attached hydrogens (primary N) is 1. The molecule has 146 valence electrons. The van der Waals surface area contributed by atoms with E-state index >= 15 is 0 Å². The second kappa shape index (κ2) is 7.99. The minimum Gasteiger partial charge on any atom is -0.494 e. The Morgan fingerprint density at radius 2 is 1.46 bits per heavy atom. The van der Waals surface area contributed by atoms with Crippen LogP contribution in [0.3, 0.4) is 0 Å². The molecule has 0 aliphatic carbocycles. The molecular weight excluding hydrogens is 365 g/mol. The molecule has 3 rings (SSSR count). The third-order valence-corrected chi connectivity index (χ3v) is 4.21. The Morgan fingerprint density at radius 1 is 0.821 bits per heavy atom. The summed E-state index contributed by atoms with van der Waals surface area (Å²) in [6.07, 6.45) is 1.54. The summed E-state index contributed by atoms with van der Waals surface area (Å²) in [5.74, 6) is 1.11. The highest BCUT2D eigenvalue weighted by Gasteiger charge is 2.19. The molecule has 2 aromatic carbocycles. The van der Waals surface area contributed by atoms with Gasteiger partial charge in [-0.3, -0.25) is 0 Å². The maximum Gasteiger partial charge on any atom is 0.220 e. The minimum absolute atomic E-state index is 0.0847. The Hall–Kier alpha value is -3.55. The highest BCUT2D eigenvalue weighted by molar-refractivity contribution is 5.83. The SMILES string of the molecule is COc1ccc(-c2cnc(N)nc2-c2cc(OC)c(OC)c(OC)c2)cc1F. The molecule has 8 heteroatoms. The highest BCUT2D eigenvalue weighted by Crippen LogP contribution is 2.43. The largest absolute Gasteiger partial charge is 0.494 e. The molecule has 3 aromatic rings. The van der Waals surface area contributed by atoms with Crippen LogP contribution in [0.15, 0.2) is 36.5 Å². The van der Waals surface area contributed by atoms with Gasteiger partial charge in [-0.05, 0) is 29.8 Å². The lowest BCUT2D eigenvalue weighted by molar-refractivity contribution is 0.324. The van der Waals surface area contributed by atoms with E-state index in [1.54, 1.807) is 30.5 Å². The molecule has 0 aliphatic heterocycles. The molecule has 0 fully saturated rings. The topological polar surface area (TPSA) is 88.7 Å². The van der Waals surface area contributed by atoms with E-state index in [1.165, 1.54) is 34.5 Å². The normalized spacial score (nSPS) is 10.5. The molecule has 0 saturated carbocycles. The van der Waals surface area contributed by atoms with Gasteiger partial charge in [-0.1, -0.05) is 6.07 Å². The van der Waals surface area contributed by atoms with Crippen LogP contribution in [0.5, 0.6) is 23.0 Å². The fourth-order valence-electron chi connectivity index (χ4n) is 2.88. The van der Waals surface area contributed by atoms with Crippen molar-refractivity contribution in [2.24, 2.45) is 0 Å². The summed E-state index contributed by atoms with van der Waals surface area (Å²) in [5.41, 5.74) is 8.12. The summed E-state index contributed by atoms with van der Waals surface area (Å²) in [4.78, 5) is 8.42. The summed E-state index contributed by atoms with van der Waals surface area (Å²) in [6, 6.07) is 8.10. The van der Waals surface area contributed by atoms with E-state index in [4.69, 9.17) is 24.7 Å². The van der Waals surface area contributed by atoms with Crippen molar-refractivity contribution in [1.29, 1.82) is 0 Å². The van der Waals surface area contributed by atoms with E-state index in [2.05, 4.69) is 9.97 Å². The molecule has 0 atom stereocenters. The number of benzene rings is 2. The average molecular weight is 385 g/mol. The summed E-state index contributed by atoms with van der Waals surface area (Å²) in [6.45, 7) is 0. The molecule has 0 saturated heterocycles. The highest BCUT2D eigenvalue weighted by atomic mass is 19.1. The van der Waals surface area contributed by atoms with Gasteiger partial charge in [-0.25, -0.2) is 14.4 Å². The van der Waals surface area contributed by atoms with Gasteiger partial charge >= 0.3 is 0 Å². The average Bonchev–Trinajstić information content (AvgIpc) is 2.72. The van der Waals surface area contributed by atoms with Gasteiger partial charge in [0, 0.05) is 17.3 Å². The Labute approximate surface area is 161 Å². The second-order valence-electron chi connectivity index (χ2n) is 5.75. The van der Waals surface area contributed by atoms with Gasteiger partial charge in [0.15, 0.2) is 23.1 Å². The molecule has 28 heavy (non-hydrogen) atoms. The van der Waals surface area contributed by atoms with Crippen molar-refractivity contribution in [3.8, 4) is 45.4 Å². The molecule has 0 aliphatic rings. The maximum absolute atomic E-state index is 14.2.